The van der Waals surface area contributed by atoms with Gasteiger partial charge < -0.3 is 4.74 Å². The number of ether oxygens (including phenoxy) is 1. The average molecular weight is 320 g/mol. The summed E-state index contributed by atoms with van der Waals surface area (Å²) in [7, 11) is 0.499. The van der Waals surface area contributed by atoms with Gasteiger partial charge in [-0.3, -0.25) is 4.21 Å². The number of methoxy groups -OCH3 is 1. The van der Waals surface area contributed by atoms with Crippen LogP contribution in [0.5, 0.6) is 5.75 Å². The molecule has 0 aromatic heterocycles. The second-order valence-electron chi connectivity index (χ2n) is 4.51. The van der Waals surface area contributed by atoms with Crippen molar-refractivity contribution in [3.8, 4) is 11.8 Å². The van der Waals surface area contributed by atoms with Crippen LogP contribution in [-0.2, 0) is 22.3 Å². The molecule has 0 fully saturated rings. The van der Waals surface area contributed by atoms with Crippen molar-refractivity contribution in [2.45, 2.75) is 11.5 Å². The lowest BCUT2D eigenvalue weighted by atomic mass is 10.2. The van der Waals surface area contributed by atoms with E-state index in [1.807, 2.05) is 12.1 Å². The molecular formula is C16H14ClNO2S. The Kier molecular flexibility index (Phi) is 5.38. The molecule has 2 aromatic carbocycles. The second kappa shape index (κ2) is 7.26. The molecule has 0 unspecified atom stereocenters. The van der Waals surface area contributed by atoms with Crippen LogP contribution in [-0.4, -0.2) is 11.3 Å². The van der Waals surface area contributed by atoms with Gasteiger partial charge in [0.15, 0.2) is 0 Å². The zero-order valence-electron chi connectivity index (χ0n) is 11.5. The first-order chi connectivity index (χ1) is 10.1. The van der Waals surface area contributed by atoms with E-state index in [0.717, 1.165) is 11.1 Å². The van der Waals surface area contributed by atoms with Crippen molar-refractivity contribution in [2.24, 2.45) is 0 Å². The summed E-state index contributed by atoms with van der Waals surface area (Å²) < 4.78 is 17.3. The summed E-state index contributed by atoms with van der Waals surface area (Å²) in [6.45, 7) is 0. The van der Waals surface area contributed by atoms with E-state index in [1.165, 1.54) is 0 Å². The van der Waals surface area contributed by atoms with Crippen molar-refractivity contribution in [3.05, 3.63) is 64.2 Å². The monoisotopic (exact) mass is 319 g/mol. The highest BCUT2D eigenvalue weighted by atomic mass is 35.5. The van der Waals surface area contributed by atoms with E-state index in [-0.39, 0.29) is 0 Å². The minimum atomic E-state index is -1.06. The highest BCUT2D eigenvalue weighted by Gasteiger charge is 2.07. The summed E-state index contributed by atoms with van der Waals surface area (Å²) in [5, 5.41) is 9.37. The van der Waals surface area contributed by atoms with E-state index in [9.17, 15) is 4.21 Å². The van der Waals surface area contributed by atoms with Crippen molar-refractivity contribution >= 4 is 22.4 Å². The second-order valence-corrected chi connectivity index (χ2v) is 6.37. The molecule has 2 aromatic rings. The van der Waals surface area contributed by atoms with Crippen LogP contribution in [0.25, 0.3) is 0 Å². The SMILES string of the molecule is COc1ccc(C[S@](=O)Cc2cccc(C#N)c2)cc1Cl. The zero-order valence-corrected chi connectivity index (χ0v) is 13.1. The minimum Gasteiger partial charge on any atom is -0.495 e. The Morgan fingerprint density at radius 2 is 1.90 bits per heavy atom. The largest absolute Gasteiger partial charge is 0.495 e. The van der Waals surface area contributed by atoms with E-state index in [1.54, 1.807) is 37.4 Å². The summed E-state index contributed by atoms with van der Waals surface area (Å²) in [6, 6.07) is 14.6. The highest BCUT2D eigenvalue weighted by Crippen LogP contribution is 2.25. The molecular weight excluding hydrogens is 306 g/mol. The van der Waals surface area contributed by atoms with Crippen LogP contribution >= 0.6 is 11.6 Å². The third-order valence-electron chi connectivity index (χ3n) is 2.93. The molecule has 0 saturated carbocycles. The molecule has 2 rings (SSSR count). The Balaban J connectivity index is 2.04. The van der Waals surface area contributed by atoms with Crippen molar-refractivity contribution in [1.29, 1.82) is 5.26 Å². The predicted molar refractivity (Wildman–Crippen MR) is 84.7 cm³/mol. The van der Waals surface area contributed by atoms with Gasteiger partial charge in [0.05, 0.1) is 23.8 Å². The van der Waals surface area contributed by atoms with Gasteiger partial charge >= 0.3 is 0 Å². The molecule has 0 aliphatic heterocycles. The van der Waals surface area contributed by atoms with Crippen LogP contribution in [0.15, 0.2) is 42.5 Å². The highest BCUT2D eigenvalue weighted by molar-refractivity contribution is 7.83. The fraction of sp³-hybridized carbons (Fsp3) is 0.188. The molecule has 0 saturated heterocycles. The molecule has 0 spiro atoms. The molecule has 3 nitrogen and oxygen atoms in total. The normalized spacial score (nSPS) is 11.7. The summed E-state index contributed by atoms with van der Waals surface area (Å²) in [5.74, 6) is 1.44. The van der Waals surface area contributed by atoms with Gasteiger partial charge in [0.25, 0.3) is 0 Å². The van der Waals surface area contributed by atoms with Crippen LogP contribution in [0, 0.1) is 11.3 Å². The van der Waals surface area contributed by atoms with Gasteiger partial charge in [0, 0.05) is 22.3 Å². The van der Waals surface area contributed by atoms with Gasteiger partial charge in [0.2, 0.25) is 0 Å². The lowest BCUT2D eigenvalue weighted by molar-refractivity contribution is 0.415. The van der Waals surface area contributed by atoms with Gasteiger partial charge in [-0.15, -0.1) is 0 Å². The van der Waals surface area contributed by atoms with Crippen LogP contribution < -0.4 is 4.74 Å². The molecule has 21 heavy (non-hydrogen) atoms. The Hall–Kier alpha value is -1.83. The Morgan fingerprint density at radius 1 is 1.19 bits per heavy atom. The van der Waals surface area contributed by atoms with Crippen LogP contribution in [0.2, 0.25) is 5.02 Å². The first kappa shape index (κ1) is 15.6. The van der Waals surface area contributed by atoms with Gasteiger partial charge in [-0.2, -0.15) is 5.26 Å². The number of benzene rings is 2. The molecule has 0 N–H and O–H groups in total. The van der Waals surface area contributed by atoms with E-state index in [0.29, 0.717) is 27.8 Å². The van der Waals surface area contributed by atoms with Crippen molar-refractivity contribution in [1.82, 2.24) is 0 Å². The van der Waals surface area contributed by atoms with Gasteiger partial charge in [-0.05, 0) is 35.4 Å². The fourth-order valence-electron chi connectivity index (χ4n) is 1.95. The number of nitrogens with zero attached hydrogens (tertiary/aromatic N) is 1. The van der Waals surface area contributed by atoms with Gasteiger partial charge in [-0.1, -0.05) is 29.8 Å². The fourth-order valence-corrected chi connectivity index (χ4v) is 3.44. The maximum absolute atomic E-state index is 12.2. The molecule has 108 valence electrons. The number of rotatable bonds is 5. The van der Waals surface area contributed by atoms with E-state index < -0.39 is 10.8 Å². The summed E-state index contributed by atoms with van der Waals surface area (Å²) in [4.78, 5) is 0. The number of hydrogen-bond donors (Lipinski definition) is 0. The topological polar surface area (TPSA) is 50.1 Å². The molecule has 0 bridgehead atoms. The summed E-state index contributed by atoms with van der Waals surface area (Å²) in [6.07, 6.45) is 0. The summed E-state index contributed by atoms with van der Waals surface area (Å²) in [5.41, 5.74) is 2.37. The number of halogens is 1. The Bertz CT molecular complexity index is 710. The van der Waals surface area contributed by atoms with E-state index in [4.69, 9.17) is 21.6 Å². The van der Waals surface area contributed by atoms with Crippen molar-refractivity contribution < 1.29 is 8.95 Å². The smallest absolute Gasteiger partial charge is 0.137 e. The first-order valence-corrected chi connectivity index (χ1v) is 8.15. The Morgan fingerprint density at radius 3 is 2.52 bits per heavy atom. The molecule has 5 heteroatoms. The third kappa shape index (κ3) is 4.32. The number of hydrogen-bond acceptors (Lipinski definition) is 3. The maximum atomic E-state index is 12.2. The maximum Gasteiger partial charge on any atom is 0.137 e. The van der Waals surface area contributed by atoms with Gasteiger partial charge in [-0.25, -0.2) is 0 Å². The van der Waals surface area contributed by atoms with Crippen LogP contribution in [0.3, 0.4) is 0 Å². The number of nitriles is 1. The molecule has 0 aliphatic rings. The predicted octanol–water partition coefficient (Wildman–Crippen LogP) is 3.67. The Labute approximate surface area is 131 Å². The molecule has 0 radical (unpaired) electrons. The average Bonchev–Trinajstić information content (AvgIpc) is 2.47. The van der Waals surface area contributed by atoms with E-state index in [2.05, 4.69) is 6.07 Å². The standard InChI is InChI=1S/C16H14ClNO2S/c1-20-16-6-5-14(8-15(16)17)11-21(19)10-13-4-2-3-12(7-13)9-18/h2-8H,10-11H2,1H3/t21-/m1/s1. The third-order valence-corrected chi connectivity index (χ3v) is 4.53. The minimum absolute atomic E-state index is 0.416. The molecule has 1 atom stereocenters. The zero-order chi connectivity index (χ0) is 15.2. The van der Waals surface area contributed by atoms with Crippen LogP contribution in [0.1, 0.15) is 16.7 Å². The lowest BCUT2D eigenvalue weighted by Gasteiger charge is -2.07. The molecule has 0 amide bonds. The van der Waals surface area contributed by atoms with Crippen molar-refractivity contribution in [3.63, 3.8) is 0 Å². The lowest BCUT2D eigenvalue weighted by Crippen LogP contribution is -2.00. The molecule has 0 aliphatic carbocycles. The van der Waals surface area contributed by atoms with E-state index >= 15 is 0 Å². The van der Waals surface area contributed by atoms with Crippen molar-refractivity contribution in [2.75, 3.05) is 7.11 Å². The van der Waals surface area contributed by atoms with Gasteiger partial charge in [0.1, 0.15) is 5.75 Å². The quantitative estimate of drug-likeness (QED) is 0.845. The summed E-state index contributed by atoms with van der Waals surface area (Å²) >= 11 is 6.05. The van der Waals surface area contributed by atoms with Crippen LogP contribution in [0.4, 0.5) is 0 Å². The molecule has 0 heterocycles. The first-order valence-electron chi connectivity index (χ1n) is 6.29.